The lowest BCUT2D eigenvalue weighted by molar-refractivity contribution is -0.138. The topological polar surface area (TPSA) is 76.2 Å². The third-order valence-electron chi connectivity index (χ3n) is 4.52. The number of oxazole rings is 1. The minimum absolute atomic E-state index is 0.101. The number of fused-ring (bicyclic) bond motifs is 1. The Kier molecular flexibility index (Phi) is 5.07. The predicted molar refractivity (Wildman–Crippen MR) is 105 cm³/mol. The molecule has 0 bridgehead atoms. The van der Waals surface area contributed by atoms with E-state index in [2.05, 4.69) is 9.97 Å². The number of hydrogen-bond acceptors (Lipinski definition) is 5. The van der Waals surface area contributed by atoms with Crippen molar-refractivity contribution in [2.24, 2.45) is 0 Å². The summed E-state index contributed by atoms with van der Waals surface area (Å²) in [6, 6.07) is 9.98. The molecule has 9 heteroatoms. The van der Waals surface area contributed by atoms with Crippen molar-refractivity contribution in [2.45, 2.75) is 25.9 Å². The van der Waals surface area contributed by atoms with Crippen LogP contribution in [0, 0.1) is 6.92 Å². The molecule has 0 radical (unpaired) electrons. The van der Waals surface area contributed by atoms with E-state index in [1.165, 1.54) is 23.5 Å². The van der Waals surface area contributed by atoms with Crippen molar-refractivity contribution < 1.29 is 27.5 Å². The number of nitrogens with zero attached hydrogens (tertiary/aromatic N) is 2. The highest BCUT2D eigenvalue weighted by atomic mass is 32.1. The third-order valence-corrected chi connectivity index (χ3v) is 5.72. The van der Waals surface area contributed by atoms with Crippen molar-refractivity contribution in [3.05, 3.63) is 70.1 Å². The summed E-state index contributed by atoms with van der Waals surface area (Å²) in [5.74, 6) is -0.464. The smallest absolute Gasteiger partial charge is 0.416 e. The van der Waals surface area contributed by atoms with Crippen LogP contribution in [0.3, 0.4) is 0 Å². The van der Waals surface area contributed by atoms with Crippen LogP contribution in [0.4, 0.5) is 13.2 Å². The standard InChI is InChI=1S/C21H15F3N2O3S/c1-11-17(30-20(25-11)13-3-5-14(6-4-13)21(22,23)24)10-18-26-15-7-2-12(9-19(27)28)8-16(15)29-18/h2-8H,9-10H2,1H3,(H,27,28). The number of aliphatic carboxylic acids is 1. The normalized spacial score (nSPS) is 11.9. The summed E-state index contributed by atoms with van der Waals surface area (Å²) in [6.07, 6.45) is -4.09. The largest absolute Gasteiger partial charge is 0.481 e. The van der Waals surface area contributed by atoms with Gasteiger partial charge in [0, 0.05) is 10.4 Å². The Bertz CT molecular complexity index is 1230. The van der Waals surface area contributed by atoms with Gasteiger partial charge in [0.15, 0.2) is 5.58 Å². The van der Waals surface area contributed by atoms with Crippen molar-refractivity contribution in [1.82, 2.24) is 9.97 Å². The fraction of sp³-hybridized carbons (Fsp3) is 0.190. The molecular weight excluding hydrogens is 417 g/mol. The van der Waals surface area contributed by atoms with Crippen LogP contribution < -0.4 is 0 Å². The molecule has 4 rings (SSSR count). The summed E-state index contributed by atoms with van der Waals surface area (Å²) in [6.45, 7) is 1.83. The van der Waals surface area contributed by atoms with Gasteiger partial charge in [-0.15, -0.1) is 11.3 Å². The van der Waals surface area contributed by atoms with Gasteiger partial charge in [-0.25, -0.2) is 9.97 Å². The van der Waals surface area contributed by atoms with Crippen LogP contribution in [0.2, 0.25) is 0 Å². The molecule has 5 nitrogen and oxygen atoms in total. The predicted octanol–water partition coefficient (Wildman–Crippen LogP) is 5.50. The molecule has 0 unspecified atom stereocenters. The minimum Gasteiger partial charge on any atom is -0.481 e. The van der Waals surface area contributed by atoms with Gasteiger partial charge in [-0.05, 0) is 36.8 Å². The first-order valence-electron chi connectivity index (χ1n) is 8.93. The lowest BCUT2D eigenvalue weighted by atomic mass is 10.1. The van der Waals surface area contributed by atoms with Crippen molar-refractivity contribution in [1.29, 1.82) is 0 Å². The van der Waals surface area contributed by atoms with E-state index in [0.717, 1.165) is 22.7 Å². The maximum absolute atomic E-state index is 12.7. The quantitative estimate of drug-likeness (QED) is 0.451. The summed E-state index contributed by atoms with van der Waals surface area (Å²) in [5.41, 5.74) is 2.42. The molecule has 30 heavy (non-hydrogen) atoms. The van der Waals surface area contributed by atoms with Crippen LogP contribution in [0.1, 0.15) is 27.6 Å². The Balaban J connectivity index is 1.57. The first-order chi connectivity index (χ1) is 14.2. The van der Waals surface area contributed by atoms with Crippen LogP contribution >= 0.6 is 11.3 Å². The Morgan fingerprint density at radius 2 is 1.87 bits per heavy atom. The van der Waals surface area contributed by atoms with E-state index in [0.29, 0.717) is 39.5 Å². The first-order valence-corrected chi connectivity index (χ1v) is 9.75. The van der Waals surface area contributed by atoms with Crippen LogP contribution in [0.15, 0.2) is 46.9 Å². The summed E-state index contributed by atoms with van der Waals surface area (Å²) >= 11 is 1.37. The summed E-state index contributed by atoms with van der Waals surface area (Å²) in [7, 11) is 0. The van der Waals surface area contributed by atoms with Gasteiger partial charge in [0.05, 0.1) is 24.1 Å². The number of carbonyl (C=O) groups is 1. The molecule has 0 aliphatic carbocycles. The average molecular weight is 432 g/mol. The van der Waals surface area contributed by atoms with Crippen LogP contribution in [0.5, 0.6) is 0 Å². The highest BCUT2D eigenvalue weighted by Crippen LogP contribution is 2.33. The van der Waals surface area contributed by atoms with E-state index in [1.807, 2.05) is 6.92 Å². The second-order valence-corrected chi connectivity index (χ2v) is 7.84. The maximum atomic E-state index is 12.7. The van der Waals surface area contributed by atoms with Crippen LogP contribution in [-0.4, -0.2) is 21.0 Å². The molecule has 0 fully saturated rings. The van der Waals surface area contributed by atoms with Crippen LogP contribution in [0.25, 0.3) is 21.7 Å². The number of halogens is 3. The molecule has 4 aromatic rings. The van der Waals surface area contributed by atoms with E-state index < -0.39 is 17.7 Å². The molecule has 0 aliphatic heterocycles. The van der Waals surface area contributed by atoms with Gasteiger partial charge in [-0.2, -0.15) is 13.2 Å². The first kappa shape index (κ1) is 20.1. The van der Waals surface area contributed by atoms with E-state index in [1.54, 1.807) is 18.2 Å². The van der Waals surface area contributed by atoms with Crippen molar-refractivity contribution in [2.75, 3.05) is 0 Å². The second kappa shape index (κ2) is 7.56. The van der Waals surface area contributed by atoms with Gasteiger partial charge in [0.25, 0.3) is 0 Å². The number of carboxylic acid groups (broad SMARTS) is 1. The van der Waals surface area contributed by atoms with Gasteiger partial charge in [-0.1, -0.05) is 18.2 Å². The zero-order chi connectivity index (χ0) is 21.5. The second-order valence-electron chi connectivity index (χ2n) is 6.76. The monoisotopic (exact) mass is 432 g/mol. The fourth-order valence-corrected chi connectivity index (χ4v) is 4.09. The van der Waals surface area contributed by atoms with Gasteiger partial charge in [0.2, 0.25) is 5.89 Å². The molecule has 0 aliphatic rings. The Morgan fingerprint density at radius 3 is 2.53 bits per heavy atom. The Hall–Kier alpha value is -3.20. The molecule has 0 spiro atoms. The lowest BCUT2D eigenvalue weighted by Gasteiger charge is -2.06. The molecule has 154 valence electrons. The third kappa shape index (κ3) is 4.20. The van der Waals surface area contributed by atoms with E-state index >= 15 is 0 Å². The Morgan fingerprint density at radius 1 is 1.13 bits per heavy atom. The van der Waals surface area contributed by atoms with Gasteiger partial charge < -0.3 is 9.52 Å². The average Bonchev–Trinajstić information content (AvgIpc) is 3.23. The number of thiazole rings is 1. The maximum Gasteiger partial charge on any atom is 0.416 e. The highest BCUT2D eigenvalue weighted by Gasteiger charge is 2.30. The SMILES string of the molecule is Cc1nc(-c2ccc(C(F)(F)F)cc2)sc1Cc1nc2ccc(CC(=O)O)cc2o1. The molecule has 2 aromatic carbocycles. The molecule has 0 saturated heterocycles. The zero-order valence-electron chi connectivity index (χ0n) is 15.7. The van der Waals surface area contributed by atoms with E-state index in [-0.39, 0.29) is 6.42 Å². The molecule has 2 aromatic heterocycles. The van der Waals surface area contributed by atoms with Crippen molar-refractivity contribution in [3.63, 3.8) is 0 Å². The molecule has 0 saturated carbocycles. The zero-order valence-corrected chi connectivity index (χ0v) is 16.5. The number of alkyl halides is 3. The number of benzene rings is 2. The number of rotatable bonds is 5. The summed E-state index contributed by atoms with van der Waals surface area (Å²) in [5, 5.41) is 9.53. The van der Waals surface area contributed by atoms with Crippen molar-refractivity contribution >= 4 is 28.4 Å². The highest BCUT2D eigenvalue weighted by molar-refractivity contribution is 7.15. The van der Waals surface area contributed by atoms with Crippen molar-refractivity contribution in [3.8, 4) is 10.6 Å². The fourth-order valence-electron chi connectivity index (χ4n) is 3.03. The molecule has 2 heterocycles. The van der Waals surface area contributed by atoms with Crippen LogP contribution in [-0.2, 0) is 23.8 Å². The minimum atomic E-state index is -4.38. The number of aryl methyl sites for hydroxylation is 1. The van der Waals surface area contributed by atoms with Gasteiger partial charge >= 0.3 is 12.1 Å². The lowest BCUT2D eigenvalue weighted by Crippen LogP contribution is -2.03. The van der Waals surface area contributed by atoms with E-state index in [4.69, 9.17) is 9.52 Å². The molecule has 0 atom stereocenters. The van der Waals surface area contributed by atoms with Gasteiger partial charge in [-0.3, -0.25) is 4.79 Å². The molecule has 0 amide bonds. The number of carboxylic acids is 1. The number of hydrogen-bond donors (Lipinski definition) is 1. The molecule has 1 N–H and O–H groups in total. The summed E-state index contributed by atoms with van der Waals surface area (Å²) < 4.78 is 44.0. The molecular formula is C21H15F3N2O3S. The Labute approximate surface area is 172 Å². The van der Waals surface area contributed by atoms with Gasteiger partial charge in [0.1, 0.15) is 10.5 Å². The number of aromatic nitrogens is 2. The summed E-state index contributed by atoms with van der Waals surface area (Å²) in [4.78, 5) is 20.7. The van der Waals surface area contributed by atoms with E-state index in [9.17, 15) is 18.0 Å².